The molecule has 0 heterocycles. The van der Waals surface area contributed by atoms with Gasteiger partial charge in [0.05, 0.1) is 6.04 Å². The predicted molar refractivity (Wildman–Crippen MR) is 116 cm³/mol. The second-order valence-corrected chi connectivity index (χ2v) is 7.46. The SMILES string of the molecule is O=C(NC(c1ccccc1)c1c(O)ccc2ccccc12)c1ccc(Br)cc1. The van der Waals surface area contributed by atoms with Gasteiger partial charge in [0.25, 0.3) is 5.91 Å². The minimum absolute atomic E-state index is 0.156. The third-order valence-electron chi connectivity index (χ3n) is 4.75. The summed E-state index contributed by atoms with van der Waals surface area (Å²) in [5, 5.41) is 15.7. The Hall–Kier alpha value is -3.11. The molecule has 1 amide bonds. The maximum absolute atomic E-state index is 13.0. The minimum Gasteiger partial charge on any atom is -0.508 e. The van der Waals surface area contributed by atoms with Crippen molar-refractivity contribution in [1.29, 1.82) is 0 Å². The molecule has 0 fully saturated rings. The Labute approximate surface area is 171 Å². The highest BCUT2D eigenvalue weighted by Crippen LogP contribution is 2.36. The Bertz CT molecular complexity index is 1120. The van der Waals surface area contributed by atoms with Crippen molar-refractivity contribution in [3.05, 3.63) is 112 Å². The van der Waals surface area contributed by atoms with Crippen LogP contribution in [0.3, 0.4) is 0 Å². The van der Waals surface area contributed by atoms with Gasteiger partial charge in [-0.1, -0.05) is 76.6 Å². The van der Waals surface area contributed by atoms with Crippen LogP contribution in [0, 0.1) is 0 Å². The van der Waals surface area contributed by atoms with Gasteiger partial charge in [-0.25, -0.2) is 0 Å². The second kappa shape index (κ2) is 7.87. The summed E-state index contributed by atoms with van der Waals surface area (Å²) in [5.41, 5.74) is 2.15. The quantitative estimate of drug-likeness (QED) is 0.427. The Morgan fingerprint density at radius 3 is 2.25 bits per heavy atom. The van der Waals surface area contributed by atoms with Gasteiger partial charge < -0.3 is 10.4 Å². The highest BCUT2D eigenvalue weighted by Gasteiger charge is 2.23. The minimum atomic E-state index is -0.483. The number of aromatic hydroxyl groups is 1. The number of nitrogens with one attached hydrogen (secondary N) is 1. The molecule has 0 radical (unpaired) electrons. The van der Waals surface area contributed by atoms with Crippen molar-refractivity contribution in [2.75, 3.05) is 0 Å². The highest BCUT2D eigenvalue weighted by molar-refractivity contribution is 9.10. The van der Waals surface area contributed by atoms with Gasteiger partial charge in [0, 0.05) is 15.6 Å². The Morgan fingerprint density at radius 2 is 1.50 bits per heavy atom. The zero-order chi connectivity index (χ0) is 19.5. The lowest BCUT2D eigenvalue weighted by molar-refractivity contribution is 0.0943. The number of carbonyl (C=O) groups excluding carboxylic acids is 1. The summed E-state index contributed by atoms with van der Waals surface area (Å²) < 4.78 is 0.912. The molecule has 4 rings (SSSR count). The maximum Gasteiger partial charge on any atom is 0.252 e. The molecule has 4 aromatic rings. The molecule has 0 saturated heterocycles. The molecule has 0 spiro atoms. The lowest BCUT2D eigenvalue weighted by Gasteiger charge is -2.22. The molecule has 1 unspecified atom stereocenters. The van der Waals surface area contributed by atoms with Crippen molar-refractivity contribution in [3.8, 4) is 5.75 Å². The second-order valence-electron chi connectivity index (χ2n) is 6.54. The lowest BCUT2D eigenvalue weighted by atomic mass is 9.92. The van der Waals surface area contributed by atoms with Gasteiger partial charge in [-0.15, -0.1) is 0 Å². The van der Waals surface area contributed by atoms with Crippen molar-refractivity contribution >= 4 is 32.6 Å². The van der Waals surface area contributed by atoms with Crippen molar-refractivity contribution in [2.24, 2.45) is 0 Å². The number of carbonyl (C=O) groups is 1. The van der Waals surface area contributed by atoms with Crippen LogP contribution in [0.2, 0.25) is 0 Å². The number of rotatable bonds is 4. The Morgan fingerprint density at radius 1 is 0.821 bits per heavy atom. The molecule has 3 nitrogen and oxygen atoms in total. The summed E-state index contributed by atoms with van der Waals surface area (Å²) in [5.74, 6) is -0.0441. The van der Waals surface area contributed by atoms with E-state index < -0.39 is 6.04 Å². The van der Waals surface area contributed by atoms with E-state index in [1.165, 1.54) is 0 Å². The van der Waals surface area contributed by atoms with Crippen molar-refractivity contribution in [2.45, 2.75) is 6.04 Å². The summed E-state index contributed by atoms with van der Waals surface area (Å²) in [6, 6.07) is 27.8. The number of phenols is 1. The van der Waals surface area contributed by atoms with E-state index in [0.29, 0.717) is 11.1 Å². The zero-order valence-electron chi connectivity index (χ0n) is 15.0. The van der Waals surface area contributed by atoms with E-state index >= 15 is 0 Å². The number of phenolic OH excluding ortho intramolecular Hbond substituents is 1. The number of amides is 1. The molecule has 0 aromatic heterocycles. The van der Waals surface area contributed by atoms with E-state index in [0.717, 1.165) is 20.8 Å². The third kappa shape index (κ3) is 3.64. The normalized spacial score (nSPS) is 11.9. The van der Waals surface area contributed by atoms with Gasteiger partial charge in [-0.2, -0.15) is 0 Å². The van der Waals surface area contributed by atoms with Gasteiger partial charge in [0.15, 0.2) is 0 Å². The van der Waals surface area contributed by atoms with E-state index in [1.54, 1.807) is 18.2 Å². The number of fused-ring (bicyclic) bond motifs is 1. The molecule has 4 heteroatoms. The van der Waals surface area contributed by atoms with Gasteiger partial charge in [0.2, 0.25) is 0 Å². The van der Waals surface area contributed by atoms with E-state index in [1.807, 2.05) is 72.8 Å². The van der Waals surface area contributed by atoms with Gasteiger partial charge >= 0.3 is 0 Å². The number of hydrogen-bond donors (Lipinski definition) is 2. The molecule has 0 aliphatic carbocycles. The van der Waals surface area contributed by atoms with Crippen LogP contribution >= 0.6 is 15.9 Å². The zero-order valence-corrected chi connectivity index (χ0v) is 16.6. The molecule has 2 N–H and O–H groups in total. The van der Waals surface area contributed by atoms with Crippen LogP contribution in [0.1, 0.15) is 27.5 Å². The molecule has 138 valence electrons. The monoisotopic (exact) mass is 431 g/mol. The summed E-state index contributed by atoms with van der Waals surface area (Å²) in [6.07, 6.45) is 0. The predicted octanol–water partition coefficient (Wildman–Crippen LogP) is 5.83. The number of hydrogen-bond acceptors (Lipinski definition) is 2. The Balaban J connectivity index is 1.83. The summed E-state index contributed by atoms with van der Waals surface area (Å²) in [4.78, 5) is 13.0. The maximum atomic E-state index is 13.0. The first-order chi connectivity index (χ1) is 13.6. The summed E-state index contributed by atoms with van der Waals surface area (Å²) >= 11 is 3.39. The fourth-order valence-electron chi connectivity index (χ4n) is 3.37. The molecule has 0 aliphatic rings. The first-order valence-electron chi connectivity index (χ1n) is 8.95. The smallest absolute Gasteiger partial charge is 0.252 e. The van der Waals surface area contributed by atoms with Crippen LogP contribution < -0.4 is 5.32 Å². The van der Waals surface area contributed by atoms with Gasteiger partial charge in [0.1, 0.15) is 5.75 Å². The van der Waals surface area contributed by atoms with E-state index in [9.17, 15) is 9.90 Å². The molecule has 0 aliphatic heterocycles. The summed E-state index contributed by atoms with van der Waals surface area (Å²) in [6.45, 7) is 0. The van der Waals surface area contributed by atoms with E-state index in [2.05, 4.69) is 21.2 Å². The van der Waals surface area contributed by atoms with E-state index in [-0.39, 0.29) is 11.7 Å². The largest absolute Gasteiger partial charge is 0.508 e. The topological polar surface area (TPSA) is 49.3 Å². The molecule has 0 bridgehead atoms. The molecule has 0 saturated carbocycles. The average molecular weight is 432 g/mol. The fraction of sp³-hybridized carbons (Fsp3) is 0.0417. The van der Waals surface area contributed by atoms with E-state index in [4.69, 9.17) is 0 Å². The van der Waals surface area contributed by atoms with Crippen molar-refractivity contribution in [1.82, 2.24) is 5.32 Å². The fourth-order valence-corrected chi connectivity index (χ4v) is 3.64. The van der Waals surface area contributed by atoms with Crippen LogP contribution in [0.5, 0.6) is 5.75 Å². The number of halogens is 1. The molecule has 28 heavy (non-hydrogen) atoms. The molecular formula is C24H18BrNO2. The summed E-state index contributed by atoms with van der Waals surface area (Å²) in [7, 11) is 0. The van der Waals surface area contributed by atoms with Crippen LogP contribution in [0.4, 0.5) is 0 Å². The third-order valence-corrected chi connectivity index (χ3v) is 5.28. The van der Waals surface area contributed by atoms with Gasteiger partial charge in [-0.05, 0) is 46.7 Å². The van der Waals surface area contributed by atoms with Crippen LogP contribution in [-0.2, 0) is 0 Å². The standard InChI is InChI=1S/C24H18BrNO2/c25-19-13-10-18(11-14-19)24(28)26-23(17-7-2-1-3-8-17)22-20-9-5-4-6-16(20)12-15-21(22)27/h1-15,23,27H,(H,26,28). The first kappa shape index (κ1) is 18.3. The Kier molecular flexibility index (Phi) is 5.13. The first-order valence-corrected chi connectivity index (χ1v) is 9.75. The van der Waals surface area contributed by atoms with Crippen LogP contribution in [0.15, 0.2) is 95.5 Å². The molecule has 1 atom stereocenters. The number of benzene rings is 4. The van der Waals surface area contributed by atoms with Crippen LogP contribution in [0.25, 0.3) is 10.8 Å². The lowest BCUT2D eigenvalue weighted by Crippen LogP contribution is -2.29. The average Bonchev–Trinajstić information content (AvgIpc) is 2.73. The molecular weight excluding hydrogens is 414 g/mol. The van der Waals surface area contributed by atoms with Crippen LogP contribution in [-0.4, -0.2) is 11.0 Å². The highest BCUT2D eigenvalue weighted by atomic mass is 79.9. The van der Waals surface area contributed by atoms with Crippen molar-refractivity contribution < 1.29 is 9.90 Å². The van der Waals surface area contributed by atoms with Crippen molar-refractivity contribution in [3.63, 3.8) is 0 Å². The molecule has 4 aromatic carbocycles. The van der Waals surface area contributed by atoms with Gasteiger partial charge in [-0.3, -0.25) is 4.79 Å².